The zero-order valence-electron chi connectivity index (χ0n) is 27.3. The van der Waals surface area contributed by atoms with Crippen LogP contribution in [-0.2, 0) is 0 Å². The van der Waals surface area contributed by atoms with Crippen LogP contribution in [0.15, 0.2) is 183 Å². The van der Waals surface area contributed by atoms with Crippen molar-refractivity contribution < 1.29 is 4.74 Å². The largest absolute Gasteiger partial charge is 0.455 e. The van der Waals surface area contributed by atoms with Crippen LogP contribution in [0.5, 0.6) is 11.5 Å². The molecule has 2 aliphatic rings. The van der Waals surface area contributed by atoms with Gasteiger partial charge in [-0.1, -0.05) is 146 Å². The van der Waals surface area contributed by atoms with E-state index in [-0.39, 0.29) is 0 Å². The molecule has 5 heteroatoms. The molecular formula is C44H33NOS2Si. The van der Waals surface area contributed by atoms with Crippen molar-refractivity contribution in [3.8, 4) is 33.8 Å². The van der Waals surface area contributed by atoms with E-state index in [0.717, 1.165) is 28.6 Å². The summed E-state index contributed by atoms with van der Waals surface area (Å²) in [5.74, 6) is 1.93. The van der Waals surface area contributed by atoms with Crippen LogP contribution in [0, 0.1) is 0 Å². The second kappa shape index (κ2) is 12.2. The third-order valence-electron chi connectivity index (χ3n) is 9.61. The first-order valence-electron chi connectivity index (χ1n) is 16.6. The van der Waals surface area contributed by atoms with E-state index in [4.69, 9.17) is 4.74 Å². The quantitative estimate of drug-likeness (QED) is 0.167. The molecule has 7 aromatic carbocycles. The zero-order valence-corrected chi connectivity index (χ0v) is 29.9. The molecule has 0 aromatic heterocycles. The van der Waals surface area contributed by atoms with Gasteiger partial charge in [-0.15, -0.1) is 0 Å². The number of benzene rings is 7. The second-order valence-corrected chi connectivity index (χ2v) is 19.4. The lowest BCUT2D eigenvalue weighted by Crippen LogP contribution is -2.56. The molecule has 236 valence electrons. The third-order valence-corrected chi connectivity index (χ3v) is 15.7. The topological polar surface area (TPSA) is 12.5 Å². The molecule has 0 radical (unpaired) electrons. The van der Waals surface area contributed by atoms with Gasteiger partial charge in [-0.3, -0.25) is 0 Å². The van der Waals surface area contributed by atoms with Crippen molar-refractivity contribution >= 4 is 59.0 Å². The monoisotopic (exact) mass is 683 g/mol. The van der Waals surface area contributed by atoms with E-state index in [1.807, 2.05) is 23.5 Å². The molecule has 2 aliphatic heterocycles. The Balaban J connectivity index is 1.15. The fourth-order valence-electron chi connectivity index (χ4n) is 7.05. The van der Waals surface area contributed by atoms with E-state index in [1.165, 1.54) is 52.2 Å². The SMILES string of the molecule is C[Si]1(C)c2ccccc2Oc2c(N(c3ccc(-c4ccccc4)cc3)c3ccc(-c4cccc5c4Sc4ccccc4S5)cc3)cccc21. The van der Waals surface area contributed by atoms with Crippen LogP contribution in [0.1, 0.15) is 0 Å². The molecule has 2 heterocycles. The van der Waals surface area contributed by atoms with E-state index in [9.17, 15) is 0 Å². The Morgan fingerprint density at radius 2 is 1.04 bits per heavy atom. The van der Waals surface area contributed by atoms with Gasteiger partial charge < -0.3 is 9.64 Å². The average Bonchev–Trinajstić information content (AvgIpc) is 3.15. The number of nitrogens with zero attached hydrogens (tertiary/aromatic N) is 1. The molecule has 0 fully saturated rings. The minimum Gasteiger partial charge on any atom is -0.455 e. The summed E-state index contributed by atoms with van der Waals surface area (Å²) in [7, 11) is -2.01. The third kappa shape index (κ3) is 5.30. The molecule has 0 aliphatic carbocycles. The van der Waals surface area contributed by atoms with E-state index in [1.54, 1.807) is 0 Å². The summed E-state index contributed by atoms with van der Waals surface area (Å²) in [5.41, 5.74) is 8.10. The van der Waals surface area contributed by atoms with E-state index in [0.29, 0.717) is 0 Å². The lowest BCUT2D eigenvalue weighted by atomic mass is 10.0. The molecule has 0 amide bonds. The van der Waals surface area contributed by atoms with Crippen LogP contribution in [-0.4, -0.2) is 8.07 Å². The van der Waals surface area contributed by atoms with Crippen molar-refractivity contribution in [3.05, 3.63) is 164 Å². The van der Waals surface area contributed by atoms with Crippen LogP contribution >= 0.6 is 23.5 Å². The van der Waals surface area contributed by atoms with Gasteiger partial charge >= 0.3 is 0 Å². The standard InChI is InChI=1S/C44H33NOS2Si/c1-49(2)41-20-9-6-16-37(41)46-43-36(15-11-21-42(43)49)45(33-26-22-31(23-27-33)30-12-4-3-5-13-30)34-28-24-32(25-29-34)35-14-10-19-40-44(35)48-39-18-8-7-17-38(39)47-40/h3-29H,1-2H3. The molecule has 0 N–H and O–H groups in total. The van der Waals surface area contributed by atoms with Gasteiger partial charge in [0.2, 0.25) is 0 Å². The average molecular weight is 684 g/mol. The van der Waals surface area contributed by atoms with Crippen molar-refractivity contribution in [1.82, 2.24) is 0 Å². The summed E-state index contributed by atoms with van der Waals surface area (Å²) in [4.78, 5) is 7.63. The van der Waals surface area contributed by atoms with Gasteiger partial charge in [0, 0.05) is 31.0 Å². The highest BCUT2D eigenvalue weighted by Crippen LogP contribution is 2.52. The molecule has 0 spiro atoms. The number of para-hydroxylation sites is 2. The van der Waals surface area contributed by atoms with Crippen LogP contribution in [0.25, 0.3) is 22.3 Å². The van der Waals surface area contributed by atoms with Crippen molar-refractivity contribution in [2.45, 2.75) is 32.7 Å². The fraction of sp³-hybridized carbons (Fsp3) is 0.0455. The predicted octanol–water partition coefficient (Wildman–Crippen LogP) is 12.0. The van der Waals surface area contributed by atoms with Crippen LogP contribution in [0.3, 0.4) is 0 Å². The second-order valence-electron chi connectivity index (χ2n) is 13.0. The number of ether oxygens (including phenoxy) is 1. The van der Waals surface area contributed by atoms with E-state index >= 15 is 0 Å². The van der Waals surface area contributed by atoms with Crippen LogP contribution in [0.4, 0.5) is 17.1 Å². The predicted molar refractivity (Wildman–Crippen MR) is 210 cm³/mol. The molecule has 0 bridgehead atoms. The van der Waals surface area contributed by atoms with Gasteiger partial charge in [-0.05, 0) is 87.2 Å². The van der Waals surface area contributed by atoms with Gasteiger partial charge in [-0.2, -0.15) is 0 Å². The maximum Gasteiger partial charge on any atom is 0.151 e. The Bertz CT molecular complexity index is 2340. The maximum absolute atomic E-state index is 6.83. The Labute approximate surface area is 297 Å². The number of anilines is 3. The Hall–Kier alpha value is -4.94. The maximum atomic E-state index is 6.83. The molecule has 9 rings (SSSR count). The van der Waals surface area contributed by atoms with Gasteiger partial charge in [0.15, 0.2) is 5.75 Å². The number of fused-ring (bicyclic) bond motifs is 4. The summed E-state index contributed by atoms with van der Waals surface area (Å²) < 4.78 is 6.83. The van der Waals surface area contributed by atoms with E-state index < -0.39 is 8.07 Å². The summed E-state index contributed by atoms with van der Waals surface area (Å²) in [6.45, 7) is 4.86. The Morgan fingerprint density at radius 3 is 1.80 bits per heavy atom. The van der Waals surface area contributed by atoms with Crippen molar-refractivity contribution in [2.75, 3.05) is 4.90 Å². The molecule has 49 heavy (non-hydrogen) atoms. The molecule has 0 saturated heterocycles. The summed E-state index contributed by atoms with van der Waals surface area (Å²) in [6.07, 6.45) is 0. The lowest BCUT2D eigenvalue weighted by molar-refractivity contribution is 0.488. The highest BCUT2D eigenvalue weighted by molar-refractivity contribution is 8.05. The fourth-order valence-corrected chi connectivity index (χ4v) is 12.3. The minimum atomic E-state index is -2.01. The van der Waals surface area contributed by atoms with Crippen LogP contribution in [0.2, 0.25) is 13.1 Å². The lowest BCUT2D eigenvalue weighted by Gasteiger charge is -2.36. The Kier molecular flexibility index (Phi) is 7.50. The number of rotatable bonds is 5. The first kappa shape index (κ1) is 30.1. The first-order chi connectivity index (χ1) is 24.0. The van der Waals surface area contributed by atoms with Gasteiger partial charge in [0.25, 0.3) is 0 Å². The molecular weight excluding hydrogens is 651 g/mol. The first-order valence-corrected chi connectivity index (χ1v) is 21.2. The van der Waals surface area contributed by atoms with Gasteiger partial charge in [-0.25, -0.2) is 0 Å². The van der Waals surface area contributed by atoms with E-state index in [2.05, 4.69) is 182 Å². The minimum absolute atomic E-state index is 0.957. The zero-order chi connectivity index (χ0) is 33.0. The number of hydrogen-bond acceptors (Lipinski definition) is 4. The highest BCUT2D eigenvalue weighted by Gasteiger charge is 2.38. The van der Waals surface area contributed by atoms with Crippen molar-refractivity contribution in [2.24, 2.45) is 0 Å². The highest BCUT2D eigenvalue weighted by atomic mass is 32.2. The molecule has 0 unspecified atom stereocenters. The normalized spacial score (nSPS) is 13.7. The van der Waals surface area contributed by atoms with Crippen molar-refractivity contribution in [3.63, 3.8) is 0 Å². The molecule has 0 atom stereocenters. The molecule has 2 nitrogen and oxygen atoms in total. The van der Waals surface area contributed by atoms with Crippen LogP contribution < -0.4 is 20.0 Å². The Morgan fingerprint density at radius 1 is 0.469 bits per heavy atom. The van der Waals surface area contributed by atoms with Gasteiger partial charge in [0.1, 0.15) is 13.8 Å². The molecule has 7 aromatic rings. The summed E-state index contributed by atoms with van der Waals surface area (Å²) in [6, 6.07) is 59.1. The van der Waals surface area contributed by atoms with Gasteiger partial charge in [0.05, 0.1) is 5.69 Å². The smallest absolute Gasteiger partial charge is 0.151 e. The van der Waals surface area contributed by atoms with Crippen molar-refractivity contribution in [1.29, 1.82) is 0 Å². The number of hydrogen-bond donors (Lipinski definition) is 0. The summed E-state index contributed by atoms with van der Waals surface area (Å²) >= 11 is 3.74. The summed E-state index contributed by atoms with van der Waals surface area (Å²) in [5, 5.41) is 2.66. The molecule has 0 saturated carbocycles.